The standard InChI is InChI=1S/C22H23F4N5O/c1-31-17(14-4-2-3-5-15(14)22(24,25)26)28-29-19(31)21-10-7-20(8-11-21,9-12-21)18-27-16(6-13-23)32-30-18/h2-5H,6-13H2,1H3. The molecule has 3 saturated carbocycles. The van der Waals surface area contributed by atoms with Gasteiger partial charge in [-0.2, -0.15) is 18.2 Å². The summed E-state index contributed by atoms with van der Waals surface area (Å²) in [4.78, 5) is 4.42. The SMILES string of the molecule is Cn1c(-c2ccccc2C(F)(F)F)nnc1C12CCC(c3noc(CCF)n3)(CC1)CC2. The van der Waals surface area contributed by atoms with Gasteiger partial charge in [-0.1, -0.05) is 23.4 Å². The van der Waals surface area contributed by atoms with E-state index in [1.165, 1.54) is 12.1 Å². The number of rotatable bonds is 5. The highest BCUT2D eigenvalue weighted by atomic mass is 19.4. The third-order valence-corrected chi connectivity index (χ3v) is 7.32. The van der Waals surface area contributed by atoms with Gasteiger partial charge < -0.3 is 9.09 Å². The van der Waals surface area contributed by atoms with E-state index in [-0.39, 0.29) is 28.6 Å². The Kier molecular flexibility index (Phi) is 4.86. The highest BCUT2D eigenvalue weighted by Crippen LogP contribution is 2.57. The predicted molar refractivity (Wildman–Crippen MR) is 106 cm³/mol. The fourth-order valence-corrected chi connectivity index (χ4v) is 5.46. The molecular weight excluding hydrogens is 426 g/mol. The molecule has 6 rings (SSSR count). The molecule has 0 spiro atoms. The van der Waals surface area contributed by atoms with Crippen LogP contribution in [0.2, 0.25) is 0 Å². The molecule has 3 fully saturated rings. The van der Waals surface area contributed by atoms with Gasteiger partial charge in [0.05, 0.1) is 18.7 Å². The van der Waals surface area contributed by atoms with Crippen molar-refractivity contribution in [1.82, 2.24) is 24.9 Å². The van der Waals surface area contributed by atoms with Gasteiger partial charge in [0.1, 0.15) is 5.82 Å². The van der Waals surface area contributed by atoms with Gasteiger partial charge in [-0.25, -0.2) is 0 Å². The van der Waals surface area contributed by atoms with E-state index in [0.29, 0.717) is 11.7 Å². The number of aryl methyl sites for hydroxylation is 1. The highest BCUT2D eigenvalue weighted by molar-refractivity contribution is 5.61. The number of halogens is 4. The second kappa shape index (κ2) is 7.38. The molecule has 0 saturated heterocycles. The van der Waals surface area contributed by atoms with Gasteiger partial charge in [-0.15, -0.1) is 10.2 Å². The Bertz CT molecular complexity index is 1110. The fraction of sp³-hybridized carbons (Fsp3) is 0.545. The van der Waals surface area contributed by atoms with Crippen molar-refractivity contribution >= 4 is 0 Å². The Morgan fingerprint density at radius 2 is 1.66 bits per heavy atom. The molecule has 32 heavy (non-hydrogen) atoms. The lowest BCUT2D eigenvalue weighted by Crippen LogP contribution is -2.48. The van der Waals surface area contributed by atoms with Crippen LogP contribution in [0.5, 0.6) is 0 Å². The first kappa shape index (κ1) is 21.1. The van der Waals surface area contributed by atoms with Gasteiger partial charge in [0, 0.05) is 23.4 Å². The molecule has 10 heteroatoms. The second-order valence-corrected chi connectivity index (χ2v) is 8.96. The van der Waals surface area contributed by atoms with Crippen molar-refractivity contribution < 1.29 is 22.1 Å². The zero-order chi connectivity index (χ0) is 22.6. The van der Waals surface area contributed by atoms with Crippen molar-refractivity contribution in [2.24, 2.45) is 7.05 Å². The Morgan fingerprint density at radius 1 is 1.00 bits per heavy atom. The van der Waals surface area contributed by atoms with Crippen LogP contribution in [-0.2, 0) is 30.5 Å². The van der Waals surface area contributed by atoms with E-state index in [4.69, 9.17) is 4.52 Å². The summed E-state index contributed by atoms with van der Waals surface area (Å²) in [6.07, 6.45) is 0.553. The topological polar surface area (TPSA) is 69.6 Å². The summed E-state index contributed by atoms with van der Waals surface area (Å²) in [6, 6.07) is 5.46. The molecule has 0 unspecified atom stereocenters. The predicted octanol–water partition coefficient (Wildman–Crippen LogP) is 4.94. The normalized spacial score (nSPS) is 25.4. The molecule has 2 aromatic heterocycles. The van der Waals surface area contributed by atoms with Crippen molar-refractivity contribution in [1.29, 1.82) is 0 Å². The van der Waals surface area contributed by atoms with Gasteiger partial charge in [-0.05, 0) is 44.6 Å². The van der Waals surface area contributed by atoms with Crippen LogP contribution in [0.25, 0.3) is 11.4 Å². The number of nitrogens with zero attached hydrogens (tertiary/aromatic N) is 5. The van der Waals surface area contributed by atoms with Crippen LogP contribution in [0, 0.1) is 0 Å². The van der Waals surface area contributed by atoms with Gasteiger partial charge in [0.25, 0.3) is 0 Å². The number of aromatic nitrogens is 5. The van der Waals surface area contributed by atoms with Crippen LogP contribution in [0.3, 0.4) is 0 Å². The zero-order valence-electron chi connectivity index (χ0n) is 17.6. The molecule has 6 nitrogen and oxygen atoms in total. The minimum absolute atomic E-state index is 0.0332. The molecule has 0 aliphatic heterocycles. The van der Waals surface area contributed by atoms with Crippen molar-refractivity contribution in [3.63, 3.8) is 0 Å². The maximum absolute atomic E-state index is 13.5. The van der Waals surface area contributed by atoms with Gasteiger partial charge in [0.15, 0.2) is 11.6 Å². The van der Waals surface area contributed by atoms with E-state index in [0.717, 1.165) is 50.4 Å². The average Bonchev–Trinajstić information content (AvgIpc) is 3.42. The summed E-state index contributed by atoms with van der Waals surface area (Å²) in [6.45, 7) is -0.538. The van der Waals surface area contributed by atoms with E-state index in [1.54, 1.807) is 17.7 Å². The molecule has 0 atom stereocenters. The minimum Gasteiger partial charge on any atom is -0.339 e. The van der Waals surface area contributed by atoms with Crippen molar-refractivity contribution in [3.8, 4) is 11.4 Å². The second-order valence-electron chi connectivity index (χ2n) is 8.96. The summed E-state index contributed by atoms with van der Waals surface area (Å²) in [5, 5.41) is 12.7. The summed E-state index contributed by atoms with van der Waals surface area (Å²) < 4.78 is 60.1. The van der Waals surface area contributed by atoms with E-state index < -0.39 is 18.4 Å². The lowest BCUT2D eigenvalue weighted by Gasteiger charge is -2.51. The molecule has 1 aromatic carbocycles. The monoisotopic (exact) mass is 449 g/mol. The van der Waals surface area contributed by atoms with E-state index in [9.17, 15) is 17.6 Å². The maximum Gasteiger partial charge on any atom is 0.417 e. The van der Waals surface area contributed by atoms with Crippen LogP contribution >= 0.6 is 0 Å². The molecular formula is C22H23F4N5O. The van der Waals surface area contributed by atoms with Gasteiger partial charge in [-0.3, -0.25) is 4.39 Å². The van der Waals surface area contributed by atoms with Crippen molar-refractivity contribution in [2.75, 3.05) is 6.67 Å². The summed E-state index contributed by atoms with van der Waals surface area (Å²) in [7, 11) is 1.74. The van der Waals surface area contributed by atoms with Crippen LogP contribution in [0.1, 0.15) is 61.6 Å². The molecule has 3 aliphatic rings. The zero-order valence-corrected chi connectivity index (χ0v) is 17.6. The van der Waals surface area contributed by atoms with E-state index in [2.05, 4.69) is 20.3 Å². The lowest BCUT2D eigenvalue weighted by atomic mass is 9.53. The third kappa shape index (κ3) is 3.22. The van der Waals surface area contributed by atoms with Crippen LogP contribution in [0.4, 0.5) is 17.6 Å². The number of hydrogen-bond acceptors (Lipinski definition) is 5. The molecule has 2 heterocycles. The third-order valence-electron chi connectivity index (χ3n) is 7.32. The first-order valence-corrected chi connectivity index (χ1v) is 10.7. The molecule has 3 aliphatic carbocycles. The maximum atomic E-state index is 13.5. The summed E-state index contributed by atoms with van der Waals surface area (Å²) >= 11 is 0. The number of fused-ring (bicyclic) bond motifs is 3. The number of alkyl halides is 4. The first-order valence-electron chi connectivity index (χ1n) is 10.7. The molecule has 3 aromatic rings. The van der Waals surface area contributed by atoms with Crippen molar-refractivity contribution in [2.45, 2.75) is 62.0 Å². The fourth-order valence-electron chi connectivity index (χ4n) is 5.46. The largest absolute Gasteiger partial charge is 0.417 e. The summed E-state index contributed by atoms with van der Waals surface area (Å²) in [5.41, 5.74) is -1.11. The molecule has 0 radical (unpaired) electrons. The van der Waals surface area contributed by atoms with Crippen LogP contribution < -0.4 is 0 Å². The van der Waals surface area contributed by atoms with E-state index >= 15 is 0 Å². The quantitative estimate of drug-likeness (QED) is 0.516. The molecule has 0 amide bonds. The Labute approximate surface area is 182 Å². The highest BCUT2D eigenvalue weighted by Gasteiger charge is 2.54. The average molecular weight is 449 g/mol. The molecule has 2 bridgehead atoms. The summed E-state index contributed by atoms with van der Waals surface area (Å²) in [5.74, 6) is 1.91. The van der Waals surface area contributed by atoms with Gasteiger partial charge >= 0.3 is 6.18 Å². The Balaban J connectivity index is 1.44. The molecule has 0 N–H and O–H groups in total. The smallest absolute Gasteiger partial charge is 0.339 e. The Morgan fingerprint density at radius 3 is 2.31 bits per heavy atom. The van der Waals surface area contributed by atoms with Gasteiger partial charge in [0.2, 0.25) is 5.89 Å². The van der Waals surface area contributed by atoms with Crippen molar-refractivity contribution in [3.05, 3.63) is 47.4 Å². The lowest BCUT2D eigenvalue weighted by molar-refractivity contribution is -0.137. The minimum atomic E-state index is -4.47. The molecule has 170 valence electrons. The van der Waals surface area contributed by atoms with Crippen LogP contribution in [0.15, 0.2) is 28.8 Å². The number of benzene rings is 1. The van der Waals surface area contributed by atoms with Crippen LogP contribution in [-0.4, -0.2) is 31.6 Å². The number of hydrogen-bond donors (Lipinski definition) is 0. The Hall–Kier alpha value is -2.78. The van der Waals surface area contributed by atoms with E-state index in [1.807, 2.05) is 0 Å². The first-order chi connectivity index (χ1) is 15.3.